The molecule has 0 radical (unpaired) electrons. The molecule has 2 N–H and O–H groups in total. The number of rotatable bonds is 4. The molecule has 5 rings (SSSR count). The summed E-state index contributed by atoms with van der Waals surface area (Å²) < 4.78 is 0. The summed E-state index contributed by atoms with van der Waals surface area (Å²) in [5, 5.41) is 2.25. The van der Waals surface area contributed by atoms with Crippen LogP contribution in [0.1, 0.15) is 48.9 Å². The average Bonchev–Trinajstić information content (AvgIpc) is 3.32. The normalized spacial score (nSPS) is 21.3. The van der Waals surface area contributed by atoms with Crippen LogP contribution in [0.4, 0.5) is 0 Å². The van der Waals surface area contributed by atoms with Gasteiger partial charge in [-0.25, -0.2) is 0 Å². The zero-order valence-electron chi connectivity index (χ0n) is 16.0. The lowest BCUT2D eigenvalue weighted by Crippen LogP contribution is -2.23. The van der Waals surface area contributed by atoms with Crippen molar-refractivity contribution in [2.24, 2.45) is 5.92 Å². The molecule has 1 aliphatic rings. The van der Waals surface area contributed by atoms with E-state index in [9.17, 15) is 9.59 Å². The number of hydrogen-bond donors (Lipinski definition) is 2. The van der Waals surface area contributed by atoms with E-state index in [1.54, 1.807) is 13.8 Å². The summed E-state index contributed by atoms with van der Waals surface area (Å²) in [7, 11) is 0. The van der Waals surface area contributed by atoms with E-state index >= 15 is 0 Å². The first-order valence-electron chi connectivity index (χ1n) is 9.72. The van der Waals surface area contributed by atoms with Gasteiger partial charge in [-0.05, 0) is 37.1 Å². The van der Waals surface area contributed by atoms with Gasteiger partial charge >= 0.3 is 0 Å². The first kappa shape index (κ1) is 17.0. The minimum Gasteiger partial charge on any atom is -0.361 e. The van der Waals surface area contributed by atoms with Crippen LogP contribution in [0, 0.1) is 5.92 Å². The molecular formula is C24H22N2O2. The third kappa shape index (κ3) is 2.37. The van der Waals surface area contributed by atoms with Crippen molar-refractivity contribution in [2.45, 2.75) is 32.1 Å². The second-order valence-corrected chi connectivity index (χ2v) is 7.91. The van der Waals surface area contributed by atoms with Crippen LogP contribution in [-0.4, -0.2) is 21.5 Å². The molecule has 0 saturated heterocycles. The molecule has 2 heterocycles. The summed E-state index contributed by atoms with van der Waals surface area (Å²) in [5.74, 6) is -0.170. The molecule has 0 aliphatic heterocycles. The quantitative estimate of drug-likeness (QED) is 0.527. The number of nitrogens with one attached hydrogen (secondary N) is 2. The molecule has 0 spiro atoms. The summed E-state index contributed by atoms with van der Waals surface area (Å²) in [6.45, 7) is 3.28. The second kappa shape index (κ2) is 6.20. The van der Waals surface area contributed by atoms with Crippen LogP contribution < -0.4 is 0 Å². The Balaban J connectivity index is 1.80. The molecule has 28 heavy (non-hydrogen) atoms. The van der Waals surface area contributed by atoms with Crippen LogP contribution in [0.15, 0.2) is 54.7 Å². The molecule has 2 aromatic carbocycles. The standard InChI is InChI=1S/C24H22N2O2/c1-13(27)11-17-21(14(2)28)23(18-12-25-19-9-5-3-7-15(18)19)24-22(17)16-8-4-6-10-20(16)26-24/h3-10,12,17,21,23,25-26H,11H2,1-2H3/t17-,21-,23+/m0/s1. The molecule has 0 unspecified atom stereocenters. The Hall–Kier alpha value is -3.14. The Bertz CT molecular complexity index is 1230. The van der Waals surface area contributed by atoms with Crippen LogP contribution in [0.2, 0.25) is 0 Å². The Morgan fingerprint density at radius 2 is 1.61 bits per heavy atom. The molecule has 2 aromatic heterocycles. The van der Waals surface area contributed by atoms with Crippen LogP contribution >= 0.6 is 0 Å². The number of ketones is 2. The first-order chi connectivity index (χ1) is 13.6. The van der Waals surface area contributed by atoms with E-state index in [-0.39, 0.29) is 29.3 Å². The molecule has 0 bridgehead atoms. The van der Waals surface area contributed by atoms with Crippen LogP contribution in [0.25, 0.3) is 21.8 Å². The lowest BCUT2D eigenvalue weighted by molar-refractivity contribution is -0.122. The van der Waals surface area contributed by atoms with E-state index in [4.69, 9.17) is 0 Å². The molecule has 140 valence electrons. The number of fused-ring (bicyclic) bond motifs is 4. The molecule has 3 atom stereocenters. The Kier molecular flexibility index (Phi) is 3.76. The highest BCUT2D eigenvalue weighted by atomic mass is 16.1. The summed E-state index contributed by atoms with van der Waals surface area (Å²) in [6.07, 6.45) is 2.41. The first-order valence-corrected chi connectivity index (χ1v) is 9.72. The van der Waals surface area contributed by atoms with Gasteiger partial charge in [-0.2, -0.15) is 0 Å². The van der Waals surface area contributed by atoms with Crippen molar-refractivity contribution in [1.29, 1.82) is 0 Å². The number of benzene rings is 2. The number of para-hydroxylation sites is 2. The third-order valence-electron chi connectivity index (χ3n) is 6.18. The SMILES string of the molecule is CC(=O)C[C@@H]1c2c([nH]c3ccccc23)[C@H](c2c[nH]c3ccccc23)[C@H]1C(C)=O. The molecule has 4 nitrogen and oxygen atoms in total. The molecule has 0 saturated carbocycles. The predicted octanol–water partition coefficient (Wildman–Crippen LogP) is 5.06. The van der Waals surface area contributed by atoms with Crippen molar-refractivity contribution >= 4 is 33.4 Å². The van der Waals surface area contributed by atoms with Crippen LogP contribution in [0.5, 0.6) is 0 Å². The van der Waals surface area contributed by atoms with Gasteiger partial charge < -0.3 is 14.8 Å². The minimum atomic E-state index is -0.242. The van der Waals surface area contributed by atoms with Gasteiger partial charge in [0.05, 0.1) is 0 Å². The van der Waals surface area contributed by atoms with Crippen molar-refractivity contribution in [3.8, 4) is 0 Å². The van der Waals surface area contributed by atoms with Crippen molar-refractivity contribution in [1.82, 2.24) is 9.97 Å². The summed E-state index contributed by atoms with van der Waals surface area (Å²) in [5.41, 5.74) is 5.47. The number of aromatic amines is 2. The highest BCUT2D eigenvalue weighted by Crippen LogP contribution is 2.54. The van der Waals surface area contributed by atoms with E-state index in [1.807, 2.05) is 30.5 Å². The van der Waals surface area contributed by atoms with E-state index in [0.29, 0.717) is 6.42 Å². The fourth-order valence-electron chi connectivity index (χ4n) is 5.18. The lowest BCUT2D eigenvalue weighted by atomic mass is 9.78. The predicted molar refractivity (Wildman–Crippen MR) is 111 cm³/mol. The average molecular weight is 370 g/mol. The number of carbonyl (C=O) groups excluding carboxylic acids is 2. The highest BCUT2D eigenvalue weighted by molar-refractivity contribution is 5.94. The summed E-state index contributed by atoms with van der Waals surface area (Å²) in [6, 6.07) is 16.4. The van der Waals surface area contributed by atoms with Gasteiger partial charge in [-0.3, -0.25) is 4.79 Å². The zero-order valence-corrected chi connectivity index (χ0v) is 16.0. The van der Waals surface area contributed by atoms with Gasteiger partial charge in [0, 0.05) is 57.9 Å². The van der Waals surface area contributed by atoms with Gasteiger partial charge in [0.1, 0.15) is 11.6 Å². The smallest absolute Gasteiger partial charge is 0.134 e. The number of carbonyl (C=O) groups is 2. The minimum absolute atomic E-state index is 0.0830. The van der Waals surface area contributed by atoms with Crippen molar-refractivity contribution in [2.75, 3.05) is 0 Å². The number of H-pyrrole nitrogens is 2. The maximum Gasteiger partial charge on any atom is 0.134 e. The van der Waals surface area contributed by atoms with E-state index in [0.717, 1.165) is 38.6 Å². The van der Waals surface area contributed by atoms with Gasteiger partial charge in [-0.1, -0.05) is 36.4 Å². The third-order valence-corrected chi connectivity index (χ3v) is 6.18. The summed E-state index contributed by atoms with van der Waals surface area (Å²) in [4.78, 5) is 31.9. The van der Waals surface area contributed by atoms with Crippen molar-refractivity contribution < 1.29 is 9.59 Å². The fraction of sp³-hybridized carbons (Fsp3) is 0.250. The number of Topliss-reactive ketones (excluding diaryl/α,β-unsaturated/α-hetero) is 2. The number of aromatic nitrogens is 2. The van der Waals surface area contributed by atoms with Crippen LogP contribution in [-0.2, 0) is 9.59 Å². The Labute approximate surface area is 163 Å². The molecule has 0 fully saturated rings. The fourth-order valence-corrected chi connectivity index (χ4v) is 5.18. The van der Waals surface area contributed by atoms with E-state index in [2.05, 4.69) is 34.2 Å². The Morgan fingerprint density at radius 1 is 0.929 bits per heavy atom. The highest BCUT2D eigenvalue weighted by Gasteiger charge is 2.47. The maximum atomic E-state index is 12.8. The zero-order chi connectivity index (χ0) is 19.4. The van der Waals surface area contributed by atoms with Crippen LogP contribution in [0.3, 0.4) is 0 Å². The topological polar surface area (TPSA) is 65.7 Å². The maximum absolute atomic E-state index is 12.8. The van der Waals surface area contributed by atoms with Gasteiger partial charge in [0.25, 0.3) is 0 Å². The van der Waals surface area contributed by atoms with E-state index < -0.39 is 0 Å². The van der Waals surface area contributed by atoms with Gasteiger partial charge in [-0.15, -0.1) is 0 Å². The second-order valence-electron chi connectivity index (χ2n) is 7.91. The molecule has 0 amide bonds. The molecule has 4 aromatic rings. The van der Waals surface area contributed by atoms with Gasteiger partial charge in [0.15, 0.2) is 0 Å². The number of hydrogen-bond acceptors (Lipinski definition) is 2. The van der Waals surface area contributed by atoms with Crippen molar-refractivity contribution in [3.05, 3.63) is 71.5 Å². The monoisotopic (exact) mass is 370 g/mol. The molecule has 1 aliphatic carbocycles. The lowest BCUT2D eigenvalue weighted by Gasteiger charge is -2.23. The largest absolute Gasteiger partial charge is 0.361 e. The van der Waals surface area contributed by atoms with Gasteiger partial charge in [0.2, 0.25) is 0 Å². The molecular weight excluding hydrogens is 348 g/mol. The van der Waals surface area contributed by atoms with E-state index in [1.165, 1.54) is 0 Å². The van der Waals surface area contributed by atoms with Crippen molar-refractivity contribution in [3.63, 3.8) is 0 Å². The molecule has 4 heteroatoms. The Morgan fingerprint density at radius 3 is 2.32 bits per heavy atom. The summed E-state index contributed by atoms with van der Waals surface area (Å²) >= 11 is 0.